The third kappa shape index (κ3) is 3.35. The van der Waals surface area contributed by atoms with E-state index in [0.29, 0.717) is 22.4 Å². The molecular formula is C20H13FN2O4. The van der Waals surface area contributed by atoms with E-state index in [0.717, 1.165) is 5.52 Å². The van der Waals surface area contributed by atoms with Crippen molar-refractivity contribution in [2.24, 2.45) is 0 Å². The molecule has 4 aromatic rings. The summed E-state index contributed by atoms with van der Waals surface area (Å²) in [6.45, 7) is -0.211. The fourth-order valence-corrected chi connectivity index (χ4v) is 2.70. The van der Waals surface area contributed by atoms with Crippen LogP contribution in [0.1, 0.15) is 16.1 Å². The van der Waals surface area contributed by atoms with Crippen molar-refractivity contribution in [1.29, 1.82) is 0 Å². The van der Waals surface area contributed by atoms with Gasteiger partial charge in [0.25, 0.3) is 5.78 Å². The van der Waals surface area contributed by atoms with E-state index in [2.05, 4.69) is 10.1 Å². The number of benzene rings is 2. The molecule has 0 bridgehead atoms. The number of nitrogens with zero attached hydrogens (tertiary/aromatic N) is 1. The molecule has 0 spiro atoms. The third-order valence-electron chi connectivity index (χ3n) is 4.06. The zero-order valence-corrected chi connectivity index (χ0v) is 13.9. The van der Waals surface area contributed by atoms with Gasteiger partial charge >= 0.3 is 5.97 Å². The first-order valence-corrected chi connectivity index (χ1v) is 8.11. The second-order valence-corrected chi connectivity index (χ2v) is 5.84. The van der Waals surface area contributed by atoms with E-state index in [1.165, 1.54) is 18.3 Å². The van der Waals surface area contributed by atoms with Gasteiger partial charge in [-0.1, -0.05) is 23.4 Å². The highest BCUT2D eigenvalue weighted by Gasteiger charge is 2.22. The normalized spacial score (nSPS) is 10.9. The molecule has 2 heterocycles. The molecule has 0 atom stereocenters. The molecule has 0 saturated carbocycles. The van der Waals surface area contributed by atoms with Crippen LogP contribution in [0.3, 0.4) is 0 Å². The summed E-state index contributed by atoms with van der Waals surface area (Å²) in [7, 11) is 0. The van der Waals surface area contributed by atoms with Gasteiger partial charge in [0.2, 0.25) is 0 Å². The van der Waals surface area contributed by atoms with Crippen LogP contribution in [0.2, 0.25) is 0 Å². The monoisotopic (exact) mass is 364 g/mol. The number of esters is 1. The number of carbonyl (C=O) groups excluding carboxylic acids is 2. The summed E-state index contributed by atoms with van der Waals surface area (Å²) in [4.78, 5) is 27.4. The number of H-pyrrole nitrogens is 1. The van der Waals surface area contributed by atoms with E-state index < -0.39 is 11.8 Å². The van der Waals surface area contributed by atoms with E-state index >= 15 is 0 Å². The quantitative estimate of drug-likeness (QED) is 0.330. The number of Topliss-reactive ketones (excluding diaryl/α,β-unsaturated/α-hetero) is 1. The average Bonchev–Trinajstić information content (AvgIpc) is 3.33. The lowest BCUT2D eigenvalue weighted by atomic mass is 10.1. The molecule has 0 aliphatic rings. The van der Waals surface area contributed by atoms with Crippen molar-refractivity contribution >= 4 is 22.7 Å². The number of rotatable bonds is 5. The SMILES string of the molecule is O=C(OCc1cc(-c2ccc(F)cc2)on1)C(=O)c1c[nH]c2ccccc12. The number of hydrogen-bond donors (Lipinski definition) is 1. The molecule has 4 rings (SSSR count). The predicted molar refractivity (Wildman–Crippen MR) is 94.3 cm³/mol. The van der Waals surface area contributed by atoms with Crippen molar-refractivity contribution in [3.8, 4) is 11.3 Å². The minimum atomic E-state index is -0.980. The largest absolute Gasteiger partial charge is 0.453 e. The van der Waals surface area contributed by atoms with Crippen LogP contribution in [-0.2, 0) is 16.1 Å². The van der Waals surface area contributed by atoms with Gasteiger partial charge < -0.3 is 14.2 Å². The Labute approximate surface area is 152 Å². The van der Waals surface area contributed by atoms with Gasteiger partial charge in [0.1, 0.15) is 18.1 Å². The molecule has 134 valence electrons. The number of hydrogen-bond acceptors (Lipinski definition) is 5. The molecule has 2 aromatic heterocycles. The first-order valence-electron chi connectivity index (χ1n) is 8.11. The lowest BCUT2D eigenvalue weighted by molar-refractivity contribution is -0.139. The Hall–Kier alpha value is -3.74. The van der Waals surface area contributed by atoms with Gasteiger partial charge in [-0.2, -0.15) is 0 Å². The van der Waals surface area contributed by atoms with Crippen LogP contribution in [0.5, 0.6) is 0 Å². The van der Waals surface area contributed by atoms with Gasteiger partial charge in [-0.15, -0.1) is 0 Å². The van der Waals surface area contributed by atoms with Crippen LogP contribution in [0.15, 0.2) is 65.3 Å². The molecule has 0 aliphatic carbocycles. The highest BCUT2D eigenvalue weighted by atomic mass is 19.1. The van der Waals surface area contributed by atoms with Gasteiger partial charge in [0, 0.05) is 28.7 Å². The third-order valence-corrected chi connectivity index (χ3v) is 4.06. The minimum Gasteiger partial charge on any atom is -0.453 e. The number of carbonyl (C=O) groups is 2. The smallest absolute Gasteiger partial charge is 0.380 e. The second kappa shape index (κ2) is 6.87. The summed E-state index contributed by atoms with van der Waals surface area (Å²) in [6, 6.07) is 14.4. The molecular weight excluding hydrogens is 351 g/mol. The minimum absolute atomic E-state index is 0.211. The Morgan fingerprint density at radius 2 is 1.89 bits per heavy atom. The molecule has 0 saturated heterocycles. The van der Waals surface area contributed by atoms with E-state index in [-0.39, 0.29) is 18.0 Å². The first kappa shape index (κ1) is 16.7. The number of aromatic amines is 1. The molecule has 0 unspecified atom stereocenters. The number of nitrogens with one attached hydrogen (secondary N) is 1. The van der Waals surface area contributed by atoms with Crippen molar-refractivity contribution in [3.63, 3.8) is 0 Å². The van der Waals surface area contributed by atoms with Crippen LogP contribution in [0, 0.1) is 5.82 Å². The summed E-state index contributed by atoms with van der Waals surface area (Å²) in [5.74, 6) is -1.67. The number of halogens is 1. The number of ether oxygens (including phenoxy) is 1. The Kier molecular flexibility index (Phi) is 4.25. The molecule has 27 heavy (non-hydrogen) atoms. The van der Waals surface area contributed by atoms with Crippen molar-refractivity contribution in [2.75, 3.05) is 0 Å². The molecule has 0 aliphatic heterocycles. The Balaban J connectivity index is 1.43. The average molecular weight is 364 g/mol. The topological polar surface area (TPSA) is 85.2 Å². The summed E-state index contributed by atoms with van der Waals surface area (Å²) in [5.41, 5.74) is 1.99. The Morgan fingerprint density at radius 1 is 1.11 bits per heavy atom. The van der Waals surface area contributed by atoms with Gasteiger partial charge in [0.15, 0.2) is 5.76 Å². The van der Waals surface area contributed by atoms with Gasteiger partial charge in [0.05, 0.1) is 5.56 Å². The van der Waals surface area contributed by atoms with Crippen molar-refractivity contribution in [1.82, 2.24) is 10.1 Å². The maximum Gasteiger partial charge on any atom is 0.380 e. The molecule has 0 amide bonds. The molecule has 1 N–H and O–H groups in total. The van der Waals surface area contributed by atoms with Crippen molar-refractivity contribution < 1.29 is 23.2 Å². The fourth-order valence-electron chi connectivity index (χ4n) is 2.70. The molecule has 0 radical (unpaired) electrons. The van der Waals surface area contributed by atoms with Gasteiger partial charge in [-0.05, 0) is 30.3 Å². The summed E-state index contributed by atoms with van der Waals surface area (Å²) >= 11 is 0. The van der Waals surface area contributed by atoms with E-state index in [9.17, 15) is 14.0 Å². The highest BCUT2D eigenvalue weighted by molar-refractivity contribution is 6.42. The number of para-hydroxylation sites is 1. The molecule has 2 aromatic carbocycles. The van der Waals surface area contributed by atoms with E-state index in [1.54, 1.807) is 30.3 Å². The van der Waals surface area contributed by atoms with Crippen LogP contribution >= 0.6 is 0 Å². The van der Waals surface area contributed by atoms with Crippen LogP contribution in [0.4, 0.5) is 4.39 Å². The molecule has 0 fully saturated rings. The Bertz CT molecular complexity index is 1130. The van der Waals surface area contributed by atoms with Gasteiger partial charge in [-0.25, -0.2) is 9.18 Å². The molecule has 7 heteroatoms. The summed E-state index contributed by atoms with van der Waals surface area (Å²) in [6.07, 6.45) is 1.48. The predicted octanol–water partition coefficient (Wildman–Crippen LogP) is 3.89. The standard InChI is InChI=1S/C20H13FN2O4/c21-13-7-5-12(6-8-13)18-9-14(23-27-18)11-26-20(25)19(24)16-10-22-17-4-2-1-3-15(16)17/h1-10,22H,11H2. The Morgan fingerprint density at radius 3 is 2.70 bits per heavy atom. The number of fused-ring (bicyclic) bond motifs is 1. The van der Waals surface area contributed by atoms with Crippen molar-refractivity contribution in [2.45, 2.75) is 6.61 Å². The van der Waals surface area contributed by atoms with E-state index in [4.69, 9.17) is 9.26 Å². The van der Waals surface area contributed by atoms with Crippen LogP contribution < -0.4 is 0 Å². The maximum atomic E-state index is 13.0. The zero-order valence-electron chi connectivity index (χ0n) is 13.9. The molecule has 6 nitrogen and oxygen atoms in total. The first-order chi connectivity index (χ1) is 13.1. The van der Waals surface area contributed by atoms with Crippen LogP contribution in [-0.4, -0.2) is 21.9 Å². The maximum absolute atomic E-state index is 13.0. The van der Waals surface area contributed by atoms with Gasteiger partial charge in [-0.3, -0.25) is 4.79 Å². The highest BCUT2D eigenvalue weighted by Crippen LogP contribution is 2.21. The zero-order chi connectivity index (χ0) is 18.8. The number of ketones is 1. The van der Waals surface area contributed by atoms with Crippen molar-refractivity contribution in [3.05, 3.63) is 77.9 Å². The second-order valence-electron chi connectivity index (χ2n) is 5.84. The lowest BCUT2D eigenvalue weighted by Gasteiger charge is -2.01. The van der Waals surface area contributed by atoms with E-state index in [1.807, 2.05) is 12.1 Å². The fraction of sp³-hybridized carbons (Fsp3) is 0.0500. The summed E-state index contributed by atoms with van der Waals surface area (Å²) in [5, 5.41) is 4.45. The van der Waals surface area contributed by atoms with Crippen LogP contribution in [0.25, 0.3) is 22.2 Å². The number of aromatic nitrogens is 2. The lowest BCUT2D eigenvalue weighted by Crippen LogP contribution is -2.17. The summed E-state index contributed by atoms with van der Waals surface area (Å²) < 4.78 is 23.2.